The molecule has 0 amide bonds. The number of halogens is 1. The summed E-state index contributed by atoms with van der Waals surface area (Å²) in [4.78, 5) is 33.9. The first-order valence-electron chi connectivity index (χ1n) is 10.6. The zero-order valence-electron chi connectivity index (χ0n) is 17.6. The summed E-state index contributed by atoms with van der Waals surface area (Å²) in [6.07, 6.45) is 2.02. The van der Waals surface area contributed by atoms with Gasteiger partial charge in [0.25, 0.3) is 5.56 Å². The monoisotopic (exact) mass is 463 g/mol. The fourth-order valence-corrected chi connectivity index (χ4v) is 5.43. The number of benzene rings is 2. The number of ketones is 1. The van der Waals surface area contributed by atoms with E-state index < -0.39 is 5.92 Å². The molecule has 2 N–H and O–H groups in total. The highest BCUT2D eigenvalue weighted by atomic mass is 35.5. The summed E-state index contributed by atoms with van der Waals surface area (Å²) in [5.41, 5.74) is 4.82. The van der Waals surface area contributed by atoms with Crippen molar-refractivity contribution in [1.29, 1.82) is 0 Å². The molecular formula is C25H22ClN3O2S. The summed E-state index contributed by atoms with van der Waals surface area (Å²) < 4.78 is 0. The third-order valence-electron chi connectivity index (χ3n) is 5.95. The highest BCUT2D eigenvalue weighted by Gasteiger charge is 2.38. The van der Waals surface area contributed by atoms with E-state index in [1.807, 2.05) is 18.2 Å². The van der Waals surface area contributed by atoms with Crippen LogP contribution < -0.4 is 10.9 Å². The summed E-state index contributed by atoms with van der Waals surface area (Å²) in [7, 11) is 0. The van der Waals surface area contributed by atoms with Gasteiger partial charge >= 0.3 is 0 Å². The van der Waals surface area contributed by atoms with E-state index in [1.54, 1.807) is 6.07 Å². The van der Waals surface area contributed by atoms with Gasteiger partial charge in [0.2, 0.25) is 0 Å². The molecule has 1 aliphatic carbocycles. The third-order valence-corrected chi connectivity index (χ3v) is 7.24. The van der Waals surface area contributed by atoms with Crippen molar-refractivity contribution in [3.63, 3.8) is 0 Å². The molecule has 7 heteroatoms. The second-order valence-electron chi connectivity index (χ2n) is 8.16. The van der Waals surface area contributed by atoms with E-state index in [-0.39, 0.29) is 11.3 Å². The lowest BCUT2D eigenvalue weighted by atomic mass is 9.76. The van der Waals surface area contributed by atoms with Crippen LogP contribution in [-0.4, -0.2) is 15.8 Å². The maximum absolute atomic E-state index is 13.3. The van der Waals surface area contributed by atoms with Crippen LogP contribution in [0.1, 0.15) is 47.4 Å². The Morgan fingerprint density at radius 1 is 1.09 bits per heavy atom. The highest BCUT2D eigenvalue weighted by Crippen LogP contribution is 2.45. The van der Waals surface area contributed by atoms with Gasteiger partial charge in [-0.3, -0.25) is 9.59 Å². The second kappa shape index (κ2) is 8.60. The number of thioether (sulfide) groups is 1. The zero-order chi connectivity index (χ0) is 22.2. The van der Waals surface area contributed by atoms with Crippen LogP contribution in [-0.2, 0) is 10.5 Å². The van der Waals surface area contributed by atoms with Crippen molar-refractivity contribution >= 4 is 35.0 Å². The van der Waals surface area contributed by atoms with Gasteiger partial charge in [-0.1, -0.05) is 71.4 Å². The minimum Gasteiger partial charge on any atom is -0.343 e. The smallest absolute Gasteiger partial charge is 0.257 e. The van der Waals surface area contributed by atoms with Crippen LogP contribution in [0.4, 0.5) is 5.82 Å². The van der Waals surface area contributed by atoms with Crippen molar-refractivity contribution in [2.45, 2.75) is 43.0 Å². The van der Waals surface area contributed by atoms with Gasteiger partial charge < -0.3 is 10.3 Å². The standard InChI is InChI=1S/C25H22ClN3O2S/c1-14-9-11-15(12-10-14)13-32-25-28-23-22(24(31)29-25)20(16-5-2-3-6-17(16)26)21-18(27-23)7-4-8-19(21)30/h2-3,5-6,9-12,20H,4,7-8,13H2,1H3,(H2,27,28,29,31). The SMILES string of the molecule is Cc1ccc(CSc2nc3c(c(=O)[nH]2)C(c2ccccc2Cl)C2=C(CCCC2=O)N3)cc1. The first kappa shape index (κ1) is 21.0. The molecule has 162 valence electrons. The molecular weight excluding hydrogens is 442 g/mol. The van der Waals surface area contributed by atoms with Crippen LogP contribution in [0, 0.1) is 6.92 Å². The van der Waals surface area contributed by atoms with Gasteiger partial charge in [-0.25, -0.2) is 4.98 Å². The molecule has 0 bridgehead atoms. The zero-order valence-corrected chi connectivity index (χ0v) is 19.1. The van der Waals surface area contributed by atoms with Gasteiger partial charge in [-0.2, -0.15) is 0 Å². The van der Waals surface area contributed by atoms with E-state index in [0.717, 1.165) is 29.7 Å². The molecule has 0 saturated carbocycles. The van der Waals surface area contributed by atoms with Crippen LogP contribution in [0.3, 0.4) is 0 Å². The van der Waals surface area contributed by atoms with E-state index in [9.17, 15) is 9.59 Å². The Morgan fingerprint density at radius 3 is 2.66 bits per heavy atom. The molecule has 0 spiro atoms. The number of nitrogens with zero attached hydrogens (tertiary/aromatic N) is 1. The normalized spacial score (nSPS) is 17.6. The third kappa shape index (κ3) is 3.89. The lowest BCUT2D eigenvalue weighted by Gasteiger charge is -2.33. The molecule has 2 aromatic carbocycles. The highest BCUT2D eigenvalue weighted by molar-refractivity contribution is 7.98. The molecule has 2 heterocycles. The van der Waals surface area contributed by atoms with Crippen LogP contribution in [0.25, 0.3) is 0 Å². The van der Waals surface area contributed by atoms with Gasteiger partial charge in [0.05, 0.1) is 5.56 Å². The number of hydrogen-bond donors (Lipinski definition) is 2. The molecule has 0 fully saturated rings. The number of aromatic nitrogens is 2. The molecule has 0 radical (unpaired) electrons. The summed E-state index contributed by atoms with van der Waals surface area (Å²) >= 11 is 8.00. The molecule has 3 aromatic rings. The minimum atomic E-state index is -0.518. The molecule has 5 nitrogen and oxygen atoms in total. The lowest BCUT2D eigenvalue weighted by molar-refractivity contribution is -0.116. The average molecular weight is 464 g/mol. The summed E-state index contributed by atoms with van der Waals surface area (Å²) in [5.74, 6) is 0.753. The van der Waals surface area contributed by atoms with Crippen molar-refractivity contribution in [2.24, 2.45) is 0 Å². The number of H-pyrrole nitrogens is 1. The number of allylic oxidation sites excluding steroid dienone is 2. The number of rotatable bonds is 4. The van der Waals surface area contributed by atoms with Gasteiger partial charge in [0, 0.05) is 34.4 Å². The Hall–Kier alpha value is -2.83. The van der Waals surface area contributed by atoms with Gasteiger partial charge in [0.1, 0.15) is 5.82 Å². The summed E-state index contributed by atoms with van der Waals surface area (Å²) in [6, 6.07) is 15.7. The van der Waals surface area contributed by atoms with E-state index >= 15 is 0 Å². The number of anilines is 1. The van der Waals surface area contributed by atoms with Crippen molar-refractivity contribution in [1.82, 2.24) is 9.97 Å². The second-order valence-corrected chi connectivity index (χ2v) is 9.53. The number of hydrogen-bond acceptors (Lipinski definition) is 5. The van der Waals surface area contributed by atoms with Gasteiger partial charge in [0.15, 0.2) is 10.9 Å². The minimum absolute atomic E-state index is 0.0616. The van der Waals surface area contributed by atoms with Crippen LogP contribution in [0.2, 0.25) is 5.02 Å². The largest absolute Gasteiger partial charge is 0.343 e. The maximum atomic E-state index is 13.3. The van der Waals surface area contributed by atoms with E-state index in [1.165, 1.54) is 17.3 Å². The first-order chi connectivity index (χ1) is 15.5. The predicted molar refractivity (Wildman–Crippen MR) is 128 cm³/mol. The van der Waals surface area contributed by atoms with E-state index in [2.05, 4.69) is 41.5 Å². The molecule has 5 rings (SSSR count). The van der Waals surface area contributed by atoms with Crippen molar-refractivity contribution in [3.8, 4) is 0 Å². The average Bonchev–Trinajstić information content (AvgIpc) is 2.78. The Labute approximate surface area is 195 Å². The van der Waals surface area contributed by atoms with Gasteiger partial charge in [-0.15, -0.1) is 0 Å². The lowest BCUT2D eigenvalue weighted by Crippen LogP contribution is -2.32. The molecule has 1 aromatic heterocycles. The fraction of sp³-hybridized carbons (Fsp3) is 0.240. The number of nitrogens with one attached hydrogen (secondary N) is 2. The topological polar surface area (TPSA) is 74.8 Å². The maximum Gasteiger partial charge on any atom is 0.257 e. The number of aromatic amines is 1. The number of fused-ring (bicyclic) bond motifs is 1. The first-order valence-corrected chi connectivity index (χ1v) is 12.0. The van der Waals surface area contributed by atoms with Gasteiger partial charge in [-0.05, 0) is 37.0 Å². The molecule has 32 heavy (non-hydrogen) atoms. The van der Waals surface area contributed by atoms with Crippen molar-refractivity contribution < 1.29 is 4.79 Å². The molecule has 1 atom stereocenters. The van der Waals surface area contributed by atoms with Crippen LogP contribution in [0.15, 0.2) is 69.8 Å². The number of carbonyl (C=O) groups excluding carboxylic acids is 1. The molecule has 0 saturated heterocycles. The fourth-order valence-electron chi connectivity index (χ4n) is 4.37. The Balaban J connectivity index is 1.56. The summed E-state index contributed by atoms with van der Waals surface area (Å²) in [6.45, 7) is 2.06. The van der Waals surface area contributed by atoms with E-state index in [4.69, 9.17) is 16.6 Å². The molecule has 2 aliphatic rings. The van der Waals surface area contributed by atoms with Crippen molar-refractivity contribution in [2.75, 3.05) is 5.32 Å². The predicted octanol–water partition coefficient (Wildman–Crippen LogP) is 5.59. The number of Topliss-reactive ketones (excluding diaryl/α,β-unsaturated/α-hetero) is 1. The number of carbonyl (C=O) groups is 1. The van der Waals surface area contributed by atoms with Crippen molar-refractivity contribution in [3.05, 3.63) is 97.4 Å². The summed E-state index contributed by atoms with van der Waals surface area (Å²) in [5, 5.41) is 4.39. The quantitative estimate of drug-likeness (QED) is 0.389. The Morgan fingerprint density at radius 2 is 1.88 bits per heavy atom. The number of aryl methyl sites for hydroxylation is 1. The molecule has 1 unspecified atom stereocenters. The molecule has 1 aliphatic heterocycles. The van der Waals surface area contributed by atoms with E-state index in [0.29, 0.717) is 39.3 Å². The van der Waals surface area contributed by atoms with Crippen LogP contribution >= 0.6 is 23.4 Å². The van der Waals surface area contributed by atoms with Crippen LogP contribution in [0.5, 0.6) is 0 Å². The Kier molecular flexibility index (Phi) is 5.66. The Bertz CT molecular complexity index is 1300.